The molecule has 2 unspecified atom stereocenters. The number of nitrogens with zero attached hydrogens (tertiary/aromatic N) is 1. The maximum atomic E-state index is 13.8. The Bertz CT molecular complexity index is 1420. The summed E-state index contributed by atoms with van der Waals surface area (Å²) >= 11 is 0. The molecule has 0 fully saturated rings. The van der Waals surface area contributed by atoms with Crippen LogP contribution in [0, 0.1) is 5.92 Å². The molecule has 2 atom stereocenters. The maximum absolute atomic E-state index is 13.8. The van der Waals surface area contributed by atoms with E-state index in [2.05, 4.69) is 29.6 Å². The fourth-order valence-corrected chi connectivity index (χ4v) is 5.08. The van der Waals surface area contributed by atoms with Crippen LogP contribution in [0.25, 0.3) is 10.8 Å². The average Bonchev–Trinajstić information content (AvgIpc) is 2.97. The number of carboxylic acids is 1. The number of carboxylic acid groups (broad SMARTS) is 1. The summed E-state index contributed by atoms with van der Waals surface area (Å²) in [7, 11) is 0. The summed E-state index contributed by atoms with van der Waals surface area (Å²) in [6, 6.07) is 32.7. The van der Waals surface area contributed by atoms with Crippen molar-refractivity contribution >= 4 is 28.7 Å². The van der Waals surface area contributed by atoms with Crippen molar-refractivity contribution < 1.29 is 19.5 Å². The first kappa shape index (κ1) is 28.6. The molecule has 0 saturated carbocycles. The summed E-state index contributed by atoms with van der Waals surface area (Å²) in [5, 5.41) is 14.9. The molecule has 0 saturated heterocycles. The highest BCUT2D eigenvalue weighted by atomic mass is 16.4. The van der Waals surface area contributed by atoms with Crippen LogP contribution in [-0.2, 0) is 22.4 Å². The number of aliphatic carboxylic acids is 1. The van der Waals surface area contributed by atoms with Gasteiger partial charge in [-0.15, -0.1) is 0 Å². The number of carbonyl (C=O) groups excluding carboxylic acids is 2. The molecule has 2 N–H and O–H groups in total. The van der Waals surface area contributed by atoms with E-state index < -0.39 is 23.8 Å². The van der Waals surface area contributed by atoms with Crippen molar-refractivity contribution in [2.24, 2.45) is 5.92 Å². The number of urea groups is 1. The first-order chi connectivity index (χ1) is 19.4. The fourth-order valence-electron chi connectivity index (χ4n) is 5.08. The second kappa shape index (κ2) is 14.1. The molecule has 6 nitrogen and oxygen atoms in total. The standard InChI is InChI=1S/C34H36N2O4/c1-25(27-14-6-3-7-15-27)35-34(40)36(23-22-26-12-4-2-5-13-26)33(39)30(24-32(37)38)20-11-19-29-18-10-17-28-16-8-9-21-31(28)29/h2-10,12-18,21,25,30H,11,19-20,22-24H2,1H3,(H,35,40)(H,37,38). The summed E-state index contributed by atoms with van der Waals surface area (Å²) in [5.74, 6) is -2.31. The second-order valence-electron chi connectivity index (χ2n) is 10.1. The van der Waals surface area contributed by atoms with Gasteiger partial charge in [-0.3, -0.25) is 14.5 Å². The van der Waals surface area contributed by atoms with Gasteiger partial charge in [-0.05, 0) is 60.1 Å². The van der Waals surface area contributed by atoms with E-state index in [4.69, 9.17) is 0 Å². The van der Waals surface area contributed by atoms with E-state index in [-0.39, 0.29) is 19.0 Å². The van der Waals surface area contributed by atoms with Crippen LogP contribution in [0.1, 0.15) is 48.9 Å². The van der Waals surface area contributed by atoms with Crippen molar-refractivity contribution in [2.45, 2.75) is 45.1 Å². The molecule has 4 aromatic rings. The molecule has 40 heavy (non-hydrogen) atoms. The molecular weight excluding hydrogens is 500 g/mol. The molecule has 0 spiro atoms. The van der Waals surface area contributed by atoms with Crippen LogP contribution >= 0.6 is 0 Å². The van der Waals surface area contributed by atoms with Gasteiger partial charge < -0.3 is 10.4 Å². The van der Waals surface area contributed by atoms with Crippen LogP contribution in [0.4, 0.5) is 4.79 Å². The highest BCUT2D eigenvalue weighted by Gasteiger charge is 2.31. The summed E-state index contributed by atoms with van der Waals surface area (Å²) in [6.45, 7) is 2.03. The largest absolute Gasteiger partial charge is 0.481 e. The number of hydrogen-bond donors (Lipinski definition) is 2. The van der Waals surface area contributed by atoms with Gasteiger partial charge in [0.05, 0.1) is 12.5 Å². The van der Waals surface area contributed by atoms with E-state index in [0.717, 1.165) is 27.5 Å². The van der Waals surface area contributed by atoms with E-state index >= 15 is 0 Å². The van der Waals surface area contributed by atoms with Crippen molar-refractivity contribution in [2.75, 3.05) is 6.54 Å². The Morgan fingerprint density at radius 1 is 0.800 bits per heavy atom. The van der Waals surface area contributed by atoms with Crippen molar-refractivity contribution in [1.82, 2.24) is 10.2 Å². The normalized spacial score (nSPS) is 12.4. The SMILES string of the molecule is CC(NC(=O)N(CCc1ccccc1)C(=O)C(CCCc1cccc2ccccc12)CC(=O)O)c1ccccc1. The molecule has 0 aliphatic carbocycles. The third kappa shape index (κ3) is 7.79. The van der Waals surface area contributed by atoms with Crippen molar-refractivity contribution in [3.63, 3.8) is 0 Å². The summed E-state index contributed by atoms with van der Waals surface area (Å²) in [4.78, 5) is 40.3. The van der Waals surface area contributed by atoms with Crippen molar-refractivity contribution in [3.8, 4) is 0 Å². The monoisotopic (exact) mass is 536 g/mol. The predicted octanol–water partition coefficient (Wildman–Crippen LogP) is 6.80. The van der Waals surface area contributed by atoms with E-state index in [1.165, 1.54) is 4.90 Å². The molecule has 0 aliphatic heterocycles. The van der Waals surface area contributed by atoms with Gasteiger partial charge in [0, 0.05) is 12.5 Å². The Balaban J connectivity index is 1.50. The minimum atomic E-state index is -1.05. The zero-order chi connectivity index (χ0) is 28.3. The molecule has 3 amide bonds. The number of fused-ring (bicyclic) bond motifs is 1. The Kier molecular flexibility index (Phi) is 10.1. The Hall–Kier alpha value is -4.45. The number of rotatable bonds is 12. The molecular formula is C34H36N2O4. The number of hydrogen-bond acceptors (Lipinski definition) is 3. The van der Waals surface area contributed by atoms with Gasteiger partial charge in [0.1, 0.15) is 0 Å². The molecule has 0 aromatic heterocycles. The van der Waals surface area contributed by atoms with Gasteiger partial charge >= 0.3 is 12.0 Å². The molecule has 0 heterocycles. The maximum Gasteiger partial charge on any atom is 0.324 e. The van der Waals surface area contributed by atoms with Gasteiger partial charge in [-0.2, -0.15) is 0 Å². The number of benzene rings is 4. The zero-order valence-corrected chi connectivity index (χ0v) is 22.8. The van der Waals surface area contributed by atoms with Crippen molar-refractivity contribution in [1.29, 1.82) is 0 Å². The first-order valence-electron chi connectivity index (χ1n) is 13.8. The van der Waals surface area contributed by atoms with E-state index in [1.807, 2.05) is 85.8 Å². The minimum Gasteiger partial charge on any atom is -0.481 e. The predicted molar refractivity (Wildman–Crippen MR) is 158 cm³/mol. The lowest BCUT2D eigenvalue weighted by molar-refractivity contribution is -0.143. The van der Waals surface area contributed by atoms with E-state index in [0.29, 0.717) is 25.7 Å². The third-order valence-electron chi connectivity index (χ3n) is 7.27. The summed E-state index contributed by atoms with van der Waals surface area (Å²) < 4.78 is 0. The minimum absolute atomic E-state index is 0.162. The molecule has 0 radical (unpaired) electrons. The van der Waals surface area contributed by atoms with Crippen LogP contribution in [0.2, 0.25) is 0 Å². The van der Waals surface area contributed by atoms with Crippen LogP contribution in [-0.4, -0.2) is 34.5 Å². The number of imide groups is 1. The van der Waals surface area contributed by atoms with Crippen LogP contribution in [0.15, 0.2) is 103 Å². The highest BCUT2D eigenvalue weighted by Crippen LogP contribution is 2.23. The van der Waals surface area contributed by atoms with Gasteiger partial charge in [0.15, 0.2) is 0 Å². The molecule has 206 valence electrons. The lowest BCUT2D eigenvalue weighted by Crippen LogP contribution is -2.48. The smallest absolute Gasteiger partial charge is 0.324 e. The average molecular weight is 537 g/mol. The van der Waals surface area contributed by atoms with Crippen molar-refractivity contribution in [3.05, 3.63) is 120 Å². The topological polar surface area (TPSA) is 86.7 Å². The first-order valence-corrected chi connectivity index (χ1v) is 13.8. The highest BCUT2D eigenvalue weighted by molar-refractivity contribution is 5.97. The van der Waals surface area contributed by atoms with E-state index in [9.17, 15) is 19.5 Å². The van der Waals surface area contributed by atoms with E-state index in [1.54, 1.807) is 0 Å². The second-order valence-corrected chi connectivity index (χ2v) is 10.1. The Morgan fingerprint density at radius 2 is 1.45 bits per heavy atom. The fraction of sp³-hybridized carbons (Fsp3) is 0.265. The van der Waals surface area contributed by atoms with Gasteiger partial charge in [0.25, 0.3) is 0 Å². The van der Waals surface area contributed by atoms with Crippen LogP contribution < -0.4 is 5.32 Å². The Morgan fingerprint density at radius 3 is 2.17 bits per heavy atom. The molecule has 6 heteroatoms. The molecule has 0 bridgehead atoms. The number of nitrogens with one attached hydrogen (secondary N) is 1. The zero-order valence-electron chi connectivity index (χ0n) is 22.8. The Labute approximate surface area is 235 Å². The summed E-state index contributed by atoms with van der Waals surface area (Å²) in [5.41, 5.74) is 3.08. The van der Waals surface area contributed by atoms with Gasteiger partial charge in [-0.1, -0.05) is 103 Å². The lowest BCUT2D eigenvalue weighted by atomic mass is 9.93. The third-order valence-corrected chi connectivity index (χ3v) is 7.27. The summed E-state index contributed by atoms with van der Waals surface area (Å²) in [6.07, 6.45) is 1.88. The molecule has 0 aliphatic rings. The van der Waals surface area contributed by atoms with Crippen LogP contribution in [0.5, 0.6) is 0 Å². The quantitative estimate of drug-likeness (QED) is 0.209. The number of carbonyl (C=O) groups is 3. The molecule has 4 rings (SSSR count). The van der Waals surface area contributed by atoms with Crippen LogP contribution in [0.3, 0.4) is 0 Å². The number of amides is 3. The molecule has 4 aromatic carbocycles. The number of aryl methyl sites for hydroxylation is 1. The van der Waals surface area contributed by atoms with Gasteiger partial charge in [0.2, 0.25) is 5.91 Å². The lowest BCUT2D eigenvalue weighted by Gasteiger charge is -2.27. The van der Waals surface area contributed by atoms with Gasteiger partial charge in [-0.25, -0.2) is 4.79 Å².